The summed E-state index contributed by atoms with van der Waals surface area (Å²) in [7, 11) is 0. The number of fused-ring (bicyclic) bond motifs is 1. The lowest BCUT2D eigenvalue weighted by Gasteiger charge is -2.06. The van der Waals surface area contributed by atoms with E-state index in [9.17, 15) is 14.9 Å². The van der Waals surface area contributed by atoms with E-state index in [0.29, 0.717) is 5.56 Å². The van der Waals surface area contributed by atoms with Crippen LogP contribution in [0.3, 0.4) is 0 Å². The van der Waals surface area contributed by atoms with Crippen LogP contribution in [0, 0.1) is 17.0 Å². The van der Waals surface area contributed by atoms with Crippen molar-refractivity contribution >= 4 is 22.5 Å². The Morgan fingerprint density at radius 3 is 2.79 bits per heavy atom. The number of hydrogen-bond donors (Lipinski definition) is 2. The van der Waals surface area contributed by atoms with Crippen LogP contribution in [0.1, 0.15) is 16.7 Å². The number of nitro groups is 1. The van der Waals surface area contributed by atoms with E-state index in [-0.39, 0.29) is 24.6 Å². The summed E-state index contributed by atoms with van der Waals surface area (Å²) in [6.07, 6.45) is 2.05. The van der Waals surface area contributed by atoms with Gasteiger partial charge >= 0.3 is 0 Å². The molecule has 3 rings (SSSR count). The Morgan fingerprint density at radius 2 is 2.00 bits per heavy atom. The summed E-state index contributed by atoms with van der Waals surface area (Å²) in [6.45, 7) is 2.15. The van der Waals surface area contributed by atoms with Crippen LogP contribution in [0.15, 0.2) is 48.7 Å². The van der Waals surface area contributed by atoms with Crippen LogP contribution in [0.25, 0.3) is 10.9 Å². The highest BCUT2D eigenvalue weighted by atomic mass is 16.6. The van der Waals surface area contributed by atoms with E-state index in [0.717, 1.165) is 22.0 Å². The summed E-state index contributed by atoms with van der Waals surface area (Å²) in [5.41, 5.74) is 3.56. The average molecular weight is 323 g/mol. The van der Waals surface area contributed by atoms with Gasteiger partial charge in [-0.05, 0) is 24.1 Å². The zero-order chi connectivity index (χ0) is 17.1. The highest BCUT2D eigenvalue weighted by molar-refractivity contribution is 5.89. The van der Waals surface area contributed by atoms with Gasteiger partial charge in [0, 0.05) is 35.3 Å². The number of nitro benzene ring substituents is 1. The van der Waals surface area contributed by atoms with Crippen molar-refractivity contribution in [2.45, 2.75) is 19.9 Å². The number of H-pyrrole nitrogens is 1. The van der Waals surface area contributed by atoms with Crippen LogP contribution in [-0.4, -0.2) is 15.8 Å². The van der Waals surface area contributed by atoms with E-state index in [2.05, 4.69) is 10.3 Å². The summed E-state index contributed by atoms with van der Waals surface area (Å²) in [4.78, 5) is 25.9. The number of benzene rings is 2. The van der Waals surface area contributed by atoms with Crippen LogP contribution in [0.4, 0.5) is 5.69 Å². The number of aromatic nitrogens is 1. The highest BCUT2D eigenvalue weighted by Crippen LogP contribution is 2.20. The largest absolute Gasteiger partial charge is 0.361 e. The molecule has 2 aromatic carbocycles. The topological polar surface area (TPSA) is 88.0 Å². The molecule has 1 amide bonds. The van der Waals surface area contributed by atoms with Crippen molar-refractivity contribution < 1.29 is 9.72 Å². The second-order valence-electron chi connectivity index (χ2n) is 5.70. The fourth-order valence-electron chi connectivity index (χ4n) is 2.71. The molecule has 122 valence electrons. The summed E-state index contributed by atoms with van der Waals surface area (Å²) >= 11 is 0. The Labute approximate surface area is 138 Å². The zero-order valence-corrected chi connectivity index (χ0v) is 13.2. The molecule has 0 aliphatic rings. The maximum atomic E-state index is 12.2. The Bertz CT molecular complexity index is 915. The number of carbonyl (C=O) groups excluding carboxylic acids is 1. The first-order valence-electron chi connectivity index (χ1n) is 7.60. The van der Waals surface area contributed by atoms with E-state index in [4.69, 9.17) is 0 Å². The quantitative estimate of drug-likeness (QED) is 0.558. The number of hydrogen-bond acceptors (Lipinski definition) is 3. The third-order valence-electron chi connectivity index (χ3n) is 3.94. The van der Waals surface area contributed by atoms with E-state index in [1.54, 1.807) is 18.2 Å². The number of rotatable bonds is 5. The lowest BCUT2D eigenvalue weighted by Crippen LogP contribution is -2.24. The second-order valence-corrected chi connectivity index (χ2v) is 5.70. The number of aryl methyl sites for hydroxylation is 1. The van der Waals surface area contributed by atoms with Crippen molar-refractivity contribution in [3.8, 4) is 0 Å². The Balaban J connectivity index is 1.69. The SMILES string of the molecule is Cc1ccc2c(CC(=O)NCc3ccccc3[N+](=O)[O-])c[nH]c2c1. The second kappa shape index (κ2) is 6.54. The van der Waals surface area contributed by atoms with Gasteiger partial charge in [0.2, 0.25) is 5.91 Å². The van der Waals surface area contributed by atoms with Gasteiger partial charge in [-0.1, -0.05) is 30.3 Å². The molecule has 1 heterocycles. The number of amides is 1. The van der Waals surface area contributed by atoms with Gasteiger partial charge in [0.25, 0.3) is 5.69 Å². The number of nitrogens with zero attached hydrogens (tertiary/aromatic N) is 1. The monoisotopic (exact) mass is 323 g/mol. The predicted molar refractivity (Wildman–Crippen MR) is 91.7 cm³/mol. The fraction of sp³-hybridized carbons (Fsp3) is 0.167. The molecular weight excluding hydrogens is 306 g/mol. The summed E-state index contributed by atoms with van der Waals surface area (Å²) in [5.74, 6) is -0.172. The van der Waals surface area contributed by atoms with Gasteiger partial charge in [0.15, 0.2) is 0 Å². The predicted octanol–water partition coefficient (Wildman–Crippen LogP) is 3.24. The van der Waals surface area contributed by atoms with Crippen molar-refractivity contribution in [3.63, 3.8) is 0 Å². The molecular formula is C18H17N3O3. The molecule has 0 radical (unpaired) electrons. The Morgan fingerprint density at radius 1 is 1.21 bits per heavy atom. The number of para-hydroxylation sites is 1. The normalized spacial score (nSPS) is 10.7. The van der Waals surface area contributed by atoms with E-state index in [1.807, 2.05) is 31.3 Å². The van der Waals surface area contributed by atoms with Crippen molar-refractivity contribution in [1.82, 2.24) is 10.3 Å². The van der Waals surface area contributed by atoms with Gasteiger partial charge in [-0.25, -0.2) is 0 Å². The first-order chi connectivity index (χ1) is 11.5. The number of carbonyl (C=O) groups is 1. The van der Waals surface area contributed by atoms with Gasteiger partial charge in [0.1, 0.15) is 0 Å². The zero-order valence-electron chi connectivity index (χ0n) is 13.2. The Kier molecular flexibility index (Phi) is 4.29. The van der Waals surface area contributed by atoms with Crippen LogP contribution in [0.2, 0.25) is 0 Å². The molecule has 0 aliphatic heterocycles. The van der Waals surface area contributed by atoms with Crippen LogP contribution in [-0.2, 0) is 17.8 Å². The maximum absolute atomic E-state index is 12.2. The summed E-state index contributed by atoms with van der Waals surface area (Å²) in [6, 6.07) is 12.4. The molecule has 0 spiro atoms. The minimum atomic E-state index is -0.441. The number of aromatic amines is 1. The van der Waals surface area contributed by atoms with Crippen molar-refractivity contribution in [2.75, 3.05) is 0 Å². The summed E-state index contributed by atoms with van der Waals surface area (Å²) in [5, 5.41) is 14.8. The van der Waals surface area contributed by atoms with Gasteiger partial charge in [-0.3, -0.25) is 14.9 Å². The van der Waals surface area contributed by atoms with Crippen molar-refractivity contribution in [2.24, 2.45) is 0 Å². The third-order valence-corrected chi connectivity index (χ3v) is 3.94. The molecule has 0 aliphatic carbocycles. The fourth-order valence-corrected chi connectivity index (χ4v) is 2.71. The maximum Gasteiger partial charge on any atom is 0.274 e. The number of nitrogens with one attached hydrogen (secondary N) is 2. The molecule has 0 saturated carbocycles. The third kappa shape index (κ3) is 3.27. The minimum absolute atomic E-state index is 0.0142. The molecule has 0 fully saturated rings. The first kappa shape index (κ1) is 15.7. The van der Waals surface area contributed by atoms with Crippen LogP contribution in [0.5, 0.6) is 0 Å². The van der Waals surface area contributed by atoms with E-state index in [1.165, 1.54) is 6.07 Å². The molecule has 6 nitrogen and oxygen atoms in total. The summed E-state index contributed by atoms with van der Waals surface area (Å²) < 4.78 is 0. The average Bonchev–Trinajstić information content (AvgIpc) is 2.95. The van der Waals surface area contributed by atoms with E-state index < -0.39 is 4.92 Å². The smallest absolute Gasteiger partial charge is 0.274 e. The van der Waals surface area contributed by atoms with Gasteiger partial charge in [-0.2, -0.15) is 0 Å². The van der Waals surface area contributed by atoms with Gasteiger partial charge in [-0.15, -0.1) is 0 Å². The molecule has 6 heteroatoms. The molecule has 2 N–H and O–H groups in total. The minimum Gasteiger partial charge on any atom is -0.361 e. The molecule has 24 heavy (non-hydrogen) atoms. The molecule has 0 saturated heterocycles. The lowest BCUT2D eigenvalue weighted by atomic mass is 10.1. The van der Waals surface area contributed by atoms with Crippen LogP contribution < -0.4 is 5.32 Å². The van der Waals surface area contributed by atoms with E-state index >= 15 is 0 Å². The molecule has 3 aromatic rings. The lowest BCUT2D eigenvalue weighted by molar-refractivity contribution is -0.385. The molecule has 1 aromatic heterocycles. The van der Waals surface area contributed by atoms with Gasteiger partial charge in [0.05, 0.1) is 11.3 Å². The van der Waals surface area contributed by atoms with Crippen LogP contribution >= 0.6 is 0 Å². The highest BCUT2D eigenvalue weighted by Gasteiger charge is 2.14. The molecule has 0 atom stereocenters. The van der Waals surface area contributed by atoms with Crippen molar-refractivity contribution in [1.29, 1.82) is 0 Å². The van der Waals surface area contributed by atoms with Gasteiger partial charge < -0.3 is 10.3 Å². The first-order valence-corrected chi connectivity index (χ1v) is 7.60. The van der Waals surface area contributed by atoms with Crippen molar-refractivity contribution in [3.05, 3.63) is 75.5 Å². The molecule has 0 bridgehead atoms. The molecule has 0 unspecified atom stereocenters. The Hall–Kier alpha value is -3.15. The standard InChI is InChI=1S/C18H17N3O3/c1-12-6-7-15-14(11-19-16(15)8-12)9-18(22)20-10-13-4-2-3-5-17(13)21(23)24/h2-8,11,19H,9-10H2,1H3,(H,20,22).